The molecule has 2 fully saturated rings. The van der Waals surface area contributed by atoms with Crippen molar-refractivity contribution >= 4 is 6.09 Å². The van der Waals surface area contributed by atoms with E-state index in [4.69, 9.17) is 4.74 Å². The van der Waals surface area contributed by atoms with Crippen LogP contribution in [-0.4, -0.2) is 57.2 Å². The van der Waals surface area contributed by atoms with Crippen LogP contribution in [0.15, 0.2) is 36.7 Å². The highest BCUT2D eigenvalue weighted by Gasteiger charge is 2.47. The number of hydrogen-bond acceptors (Lipinski definition) is 4. The molecular weight excluding hydrogens is 335 g/mol. The lowest BCUT2D eigenvalue weighted by Crippen LogP contribution is -2.38. The van der Waals surface area contributed by atoms with Gasteiger partial charge in [-0.05, 0) is 30.5 Å². The smallest absolute Gasteiger partial charge is 0.410 e. The third-order valence-corrected chi connectivity index (χ3v) is 5.26. The first-order valence-corrected chi connectivity index (χ1v) is 9.00. The Bertz CT molecular complexity index is 776. The average Bonchev–Trinajstić information content (AvgIpc) is 3.27. The highest BCUT2D eigenvalue weighted by molar-refractivity contribution is 5.71. The molecular formula is C19H23FN4O2. The second kappa shape index (κ2) is 7.07. The fourth-order valence-electron chi connectivity index (χ4n) is 3.82. The molecule has 0 unspecified atom stereocenters. The monoisotopic (exact) mass is 358 g/mol. The number of carbonyl (C=O) groups excluding carboxylic acids is 1. The van der Waals surface area contributed by atoms with Crippen LogP contribution in [0.4, 0.5) is 9.18 Å². The number of aromatic nitrogens is 2. The number of amides is 1. The van der Waals surface area contributed by atoms with Crippen molar-refractivity contribution in [3.63, 3.8) is 0 Å². The molecule has 2 atom stereocenters. The molecule has 2 aliphatic rings. The topological polar surface area (TPSA) is 50.6 Å². The lowest BCUT2D eigenvalue weighted by molar-refractivity contribution is 0.119. The van der Waals surface area contributed by atoms with Crippen molar-refractivity contribution in [2.75, 3.05) is 19.6 Å². The number of rotatable bonds is 6. The molecule has 6 nitrogen and oxygen atoms in total. The lowest BCUT2D eigenvalue weighted by atomic mass is 10.1. The van der Waals surface area contributed by atoms with Gasteiger partial charge in [-0.15, -0.1) is 0 Å². The first kappa shape index (κ1) is 17.0. The van der Waals surface area contributed by atoms with Crippen LogP contribution < -0.4 is 0 Å². The van der Waals surface area contributed by atoms with E-state index in [2.05, 4.69) is 9.88 Å². The number of ether oxygens (including phenoxy) is 1. The quantitative estimate of drug-likeness (QED) is 0.794. The summed E-state index contributed by atoms with van der Waals surface area (Å²) in [6.07, 6.45) is 5.12. The van der Waals surface area contributed by atoms with Gasteiger partial charge in [0.2, 0.25) is 0 Å². The van der Waals surface area contributed by atoms with Crippen molar-refractivity contribution in [3.05, 3.63) is 53.9 Å². The first-order chi connectivity index (χ1) is 12.6. The van der Waals surface area contributed by atoms with Gasteiger partial charge in [-0.1, -0.05) is 12.1 Å². The number of benzene rings is 1. The number of hydrogen-bond donors (Lipinski definition) is 0. The van der Waals surface area contributed by atoms with Crippen LogP contribution >= 0.6 is 0 Å². The number of likely N-dealkylation sites (tertiary alicyclic amines) is 1. The van der Waals surface area contributed by atoms with Crippen molar-refractivity contribution in [3.8, 4) is 0 Å². The minimum absolute atomic E-state index is 0.0615. The van der Waals surface area contributed by atoms with Crippen LogP contribution in [0.5, 0.6) is 0 Å². The lowest BCUT2D eigenvalue weighted by Gasteiger charge is -2.22. The second-order valence-corrected chi connectivity index (χ2v) is 7.06. The number of fused-ring (bicyclic) bond motifs is 1. The molecule has 7 heteroatoms. The molecule has 0 bridgehead atoms. The van der Waals surface area contributed by atoms with E-state index in [1.165, 1.54) is 12.1 Å². The molecule has 26 heavy (non-hydrogen) atoms. The summed E-state index contributed by atoms with van der Waals surface area (Å²) in [6, 6.07) is 6.65. The molecule has 4 rings (SSSR count). The number of halogens is 1. The Morgan fingerprint density at radius 2 is 2.08 bits per heavy atom. The van der Waals surface area contributed by atoms with Crippen LogP contribution in [-0.2, 0) is 24.8 Å². The standard InChI is InChI=1S/C19H23FN4O2/c1-22-10-8-21-18(22)13-23-11-16-17(12-23)26-19(25)24(16)9-2-3-14-4-6-15(20)7-5-14/h4-8,10,16-17H,2-3,9,11-13H2,1H3/t16-,17+/m0/s1. The minimum atomic E-state index is -0.224. The maximum atomic E-state index is 13.0. The van der Waals surface area contributed by atoms with Crippen LogP contribution in [0.25, 0.3) is 0 Å². The molecule has 0 radical (unpaired) electrons. The van der Waals surface area contributed by atoms with E-state index in [1.54, 1.807) is 18.3 Å². The first-order valence-electron chi connectivity index (χ1n) is 9.00. The fraction of sp³-hybridized carbons (Fsp3) is 0.474. The van der Waals surface area contributed by atoms with Crippen LogP contribution in [0, 0.1) is 5.82 Å². The van der Waals surface area contributed by atoms with Crippen LogP contribution in [0.3, 0.4) is 0 Å². The molecule has 2 saturated heterocycles. The Morgan fingerprint density at radius 1 is 1.27 bits per heavy atom. The van der Waals surface area contributed by atoms with E-state index in [1.807, 2.05) is 22.7 Å². The molecule has 0 saturated carbocycles. The maximum absolute atomic E-state index is 13.0. The van der Waals surface area contributed by atoms with Crippen molar-refractivity contribution in [1.29, 1.82) is 0 Å². The van der Waals surface area contributed by atoms with Crippen LogP contribution in [0.1, 0.15) is 17.8 Å². The zero-order valence-electron chi connectivity index (χ0n) is 14.8. The molecule has 0 spiro atoms. The summed E-state index contributed by atoms with van der Waals surface area (Å²) in [5.41, 5.74) is 1.08. The van der Waals surface area contributed by atoms with Crippen LogP contribution in [0.2, 0.25) is 0 Å². The van der Waals surface area contributed by atoms with Gasteiger partial charge in [0.05, 0.1) is 12.6 Å². The van der Waals surface area contributed by atoms with E-state index in [0.29, 0.717) is 6.54 Å². The van der Waals surface area contributed by atoms with Crippen molar-refractivity contribution in [2.24, 2.45) is 7.05 Å². The van der Waals surface area contributed by atoms with Gasteiger partial charge < -0.3 is 14.2 Å². The molecule has 3 heterocycles. The van der Waals surface area contributed by atoms with E-state index < -0.39 is 0 Å². The Morgan fingerprint density at radius 3 is 2.81 bits per heavy atom. The average molecular weight is 358 g/mol. The number of imidazole rings is 1. The van der Waals surface area contributed by atoms with E-state index in [9.17, 15) is 9.18 Å². The van der Waals surface area contributed by atoms with Crippen molar-refractivity contribution in [2.45, 2.75) is 31.5 Å². The summed E-state index contributed by atoms with van der Waals surface area (Å²) >= 11 is 0. The SMILES string of the molecule is Cn1ccnc1CN1C[C@H]2OC(=O)N(CCCc3ccc(F)cc3)[C@H]2C1. The molecule has 1 aromatic heterocycles. The van der Waals surface area contributed by atoms with Gasteiger partial charge in [0.25, 0.3) is 0 Å². The van der Waals surface area contributed by atoms with Gasteiger partial charge in [-0.25, -0.2) is 14.2 Å². The van der Waals surface area contributed by atoms with E-state index in [0.717, 1.165) is 43.9 Å². The van der Waals surface area contributed by atoms with Gasteiger partial charge >= 0.3 is 6.09 Å². The van der Waals surface area contributed by atoms with Gasteiger partial charge in [0.15, 0.2) is 0 Å². The van der Waals surface area contributed by atoms with Crippen molar-refractivity contribution < 1.29 is 13.9 Å². The summed E-state index contributed by atoms with van der Waals surface area (Å²) in [5.74, 6) is 0.789. The highest BCUT2D eigenvalue weighted by atomic mass is 19.1. The summed E-state index contributed by atoms with van der Waals surface area (Å²) in [5, 5.41) is 0. The summed E-state index contributed by atoms with van der Waals surface area (Å²) in [6.45, 7) is 2.97. The van der Waals surface area contributed by atoms with Gasteiger partial charge in [-0.3, -0.25) is 4.90 Å². The molecule has 138 valence electrons. The van der Waals surface area contributed by atoms with E-state index >= 15 is 0 Å². The molecule has 2 aromatic rings. The summed E-state index contributed by atoms with van der Waals surface area (Å²) in [7, 11) is 1.99. The fourth-order valence-corrected chi connectivity index (χ4v) is 3.82. The van der Waals surface area contributed by atoms with E-state index in [-0.39, 0.29) is 24.1 Å². The normalized spacial score (nSPS) is 22.7. The molecule has 1 amide bonds. The van der Waals surface area contributed by atoms with Gasteiger partial charge in [-0.2, -0.15) is 0 Å². The predicted molar refractivity (Wildman–Crippen MR) is 94.0 cm³/mol. The number of nitrogens with zero attached hydrogens (tertiary/aromatic N) is 4. The molecule has 0 N–H and O–H groups in total. The zero-order chi connectivity index (χ0) is 18.1. The number of aryl methyl sites for hydroxylation is 2. The summed E-state index contributed by atoms with van der Waals surface area (Å²) < 4.78 is 20.5. The second-order valence-electron chi connectivity index (χ2n) is 7.06. The Balaban J connectivity index is 1.31. The Hall–Kier alpha value is -2.41. The molecule has 0 aliphatic carbocycles. The zero-order valence-corrected chi connectivity index (χ0v) is 14.8. The largest absolute Gasteiger partial charge is 0.442 e. The summed E-state index contributed by atoms with van der Waals surface area (Å²) in [4.78, 5) is 20.7. The Kier molecular flexibility index (Phi) is 4.63. The number of carbonyl (C=O) groups is 1. The third kappa shape index (κ3) is 3.44. The Labute approximate surface area is 152 Å². The molecule has 1 aromatic carbocycles. The highest BCUT2D eigenvalue weighted by Crippen LogP contribution is 2.28. The maximum Gasteiger partial charge on any atom is 0.410 e. The minimum Gasteiger partial charge on any atom is -0.442 e. The molecule has 2 aliphatic heterocycles. The van der Waals surface area contributed by atoms with Gasteiger partial charge in [0, 0.05) is 39.1 Å². The van der Waals surface area contributed by atoms with Gasteiger partial charge in [0.1, 0.15) is 17.7 Å². The third-order valence-electron chi connectivity index (χ3n) is 5.26. The predicted octanol–water partition coefficient (Wildman–Crippen LogP) is 2.20. The van der Waals surface area contributed by atoms with Crippen molar-refractivity contribution in [1.82, 2.24) is 19.4 Å².